The molecule has 0 bridgehead atoms. The molecule has 2 N–H and O–H groups in total. The monoisotopic (exact) mass is 424 g/mol. The molecule has 31 heavy (non-hydrogen) atoms. The van der Waals surface area contributed by atoms with Crippen LogP contribution in [0.4, 0.5) is 4.79 Å². The Hall–Kier alpha value is -3.02. The average Bonchev–Trinajstić information content (AvgIpc) is 3.03. The van der Waals surface area contributed by atoms with E-state index in [9.17, 15) is 14.7 Å². The van der Waals surface area contributed by atoms with Crippen molar-refractivity contribution in [2.24, 2.45) is 0 Å². The van der Waals surface area contributed by atoms with Crippen LogP contribution in [-0.2, 0) is 21.0 Å². The number of carboxylic acids is 1. The molecule has 0 aromatic heterocycles. The van der Waals surface area contributed by atoms with Gasteiger partial charge >= 0.3 is 12.1 Å². The molecule has 1 unspecified atom stereocenters. The highest BCUT2D eigenvalue weighted by molar-refractivity contribution is 5.73. The van der Waals surface area contributed by atoms with Crippen LogP contribution in [0.5, 0.6) is 11.5 Å². The highest BCUT2D eigenvalue weighted by atomic mass is 16.7. The van der Waals surface area contributed by atoms with Crippen molar-refractivity contribution in [2.45, 2.75) is 63.2 Å². The van der Waals surface area contributed by atoms with Gasteiger partial charge in [0.25, 0.3) is 0 Å². The van der Waals surface area contributed by atoms with Crippen LogP contribution in [0.1, 0.15) is 69.2 Å². The first-order valence-corrected chi connectivity index (χ1v) is 10.5. The van der Waals surface area contributed by atoms with Gasteiger partial charge in [0.05, 0.1) is 11.8 Å². The van der Waals surface area contributed by atoms with E-state index in [1.807, 2.05) is 6.07 Å². The molecule has 1 heterocycles. The summed E-state index contributed by atoms with van der Waals surface area (Å²) < 4.78 is 10.6. The van der Waals surface area contributed by atoms with E-state index >= 15 is 0 Å². The second-order valence-corrected chi connectivity index (χ2v) is 10.00. The number of fused-ring (bicyclic) bond motifs is 2. The molecule has 1 aliphatic heterocycles. The summed E-state index contributed by atoms with van der Waals surface area (Å²) in [4.78, 5) is 22.8. The first-order valence-electron chi connectivity index (χ1n) is 10.5. The Kier molecular flexibility index (Phi) is 4.80. The average molecular weight is 424 g/mol. The highest BCUT2D eigenvalue weighted by Gasteiger charge is 2.46. The molecule has 2 aliphatic rings. The third-order valence-electron chi connectivity index (χ3n) is 7.01. The predicted molar refractivity (Wildman–Crippen MR) is 115 cm³/mol. The number of benzene rings is 2. The number of carbonyl (C=O) groups is 2. The third kappa shape index (κ3) is 3.54. The van der Waals surface area contributed by atoms with Crippen LogP contribution in [0, 0.1) is 0 Å². The molecule has 0 saturated heterocycles. The van der Waals surface area contributed by atoms with Gasteiger partial charge in [0.2, 0.25) is 0 Å². The fourth-order valence-electron chi connectivity index (χ4n) is 5.09. The summed E-state index contributed by atoms with van der Waals surface area (Å²) in [7, 11) is 0. The summed E-state index contributed by atoms with van der Waals surface area (Å²) in [6.45, 7) is 9.16. The molecule has 164 valence electrons. The van der Waals surface area contributed by atoms with E-state index in [4.69, 9.17) is 14.6 Å². The second-order valence-electron chi connectivity index (χ2n) is 10.00. The van der Waals surface area contributed by atoms with Gasteiger partial charge in [-0.3, -0.25) is 4.79 Å². The Bertz CT molecular complexity index is 1070. The molecule has 2 aromatic carbocycles. The maximum atomic E-state index is 11.9. The topological polar surface area (TPSA) is 93.1 Å². The molecule has 0 spiro atoms. The lowest BCUT2D eigenvalue weighted by atomic mass is 9.61. The number of hydrogen-bond donors (Lipinski definition) is 2. The normalized spacial score (nSPS) is 22.7. The van der Waals surface area contributed by atoms with Gasteiger partial charge in [0.15, 0.2) is 0 Å². The summed E-state index contributed by atoms with van der Waals surface area (Å²) in [6, 6.07) is 11.1. The van der Waals surface area contributed by atoms with Crippen molar-refractivity contribution in [1.82, 2.24) is 0 Å². The Labute approximate surface area is 181 Å². The van der Waals surface area contributed by atoms with Crippen molar-refractivity contribution >= 4 is 12.1 Å². The van der Waals surface area contributed by atoms with Crippen molar-refractivity contribution in [3.63, 3.8) is 0 Å². The first-order chi connectivity index (χ1) is 14.4. The maximum absolute atomic E-state index is 11.9. The van der Waals surface area contributed by atoms with Gasteiger partial charge in [-0.25, -0.2) is 4.79 Å². The fourth-order valence-corrected chi connectivity index (χ4v) is 5.09. The standard InChI is InChI=1S/C25H28O6/c1-23(2)9-10-24(3,4)19-11-15(5-7-17(19)23)25(13-21(26)27)14-30-20-12-16(31-22(28)29)6-8-18(20)25/h5-8,11-12H,9-10,13-14H2,1-4H3,(H,26,27)(H,28,29). The van der Waals surface area contributed by atoms with Crippen LogP contribution in [0.25, 0.3) is 0 Å². The van der Waals surface area contributed by atoms with Gasteiger partial charge < -0.3 is 19.7 Å². The van der Waals surface area contributed by atoms with Gasteiger partial charge in [-0.05, 0) is 46.4 Å². The number of ether oxygens (including phenoxy) is 2. The van der Waals surface area contributed by atoms with Gasteiger partial charge in [-0.15, -0.1) is 0 Å². The third-order valence-corrected chi connectivity index (χ3v) is 7.01. The van der Waals surface area contributed by atoms with Crippen molar-refractivity contribution in [2.75, 3.05) is 6.61 Å². The molecule has 1 aliphatic carbocycles. The molecule has 4 rings (SSSR count). The van der Waals surface area contributed by atoms with Gasteiger partial charge in [0, 0.05) is 11.6 Å². The van der Waals surface area contributed by atoms with Crippen LogP contribution >= 0.6 is 0 Å². The summed E-state index contributed by atoms with van der Waals surface area (Å²) in [5, 5.41) is 18.6. The minimum absolute atomic E-state index is 0.00719. The van der Waals surface area contributed by atoms with Gasteiger partial charge in [-0.2, -0.15) is 0 Å². The molecule has 0 fully saturated rings. The molecular formula is C25H28O6. The number of rotatable bonds is 4. The van der Waals surface area contributed by atoms with Crippen LogP contribution < -0.4 is 9.47 Å². The maximum Gasteiger partial charge on any atom is 0.511 e. The Morgan fingerprint density at radius 1 is 0.935 bits per heavy atom. The van der Waals surface area contributed by atoms with Crippen LogP contribution in [0.15, 0.2) is 36.4 Å². The van der Waals surface area contributed by atoms with E-state index < -0.39 is 17.5 Å². The minimum atomic E-state index is -1.41. The van der Waals surface area contributed by atoms with E-state index in [2.05, 4.69) is 39.8 Å². The second kappa shape index (κ2) is 7.01. The van der Waals surface area contributed by atoms with Crippen LogP contribution in [0.3, 0.4) is 0 Å². The van der Waals surface area contributed by atoms with E-state index in [0.29, 0.717) is 5.75 Å². The molecule has 0 radical (unpaired) electrons. The SMILES string of the molecule is CC1(C)CCC(C)(C)c2cc(C3(CC(=O)O)COc4cc(OC(=O)O)ccc43)ccc21. The molecule has 0 amide bonds. The van der Waals surface area contributed by atoms with E-state index in [-0.39, 0.29) is 29.6 Å². The van der Waals surface area contributed by atoms with E-state index in [1.54, 1.807) is 12.1 Å². The smallest absolute Gasteiger partial charge is 0.492 e. The minimum Gasteiger partial charge on any atom is -0.492 e. The molecular weight excluding hydrogens is 396 g/mol. The molecule has 2 aromatic rings. The lowest BCUT2D eigenvalue weighted by Gasteiger charge is -2.43. The molecule has 1 atom stereocenters. The zero-order valence-corrected chi connectivity index (χ0v) is 18.3. The highest BCUT2D eigenvalue weighted by Crippen LogP contribution is 2.51. The van der Waals surface area contributed by atoms with E-state index in [0.717, 1.165) is 24.0 Å². The Morgan fingerprint density at radius 2 is 1.58 bits per heavy atom. The zero-order chi connectivity index (χ0) is 22.6. The first kappa shape index (κ1) is 21.2. The largest absolute Gasteiger partial charge is 0.511 e. The number of carboxylic acid groups (broad SMARTS) is 2. The lowest BCUT2D eigenvalue weighted by Crippen LogP contribution is -2.36. The van der Waals surface area contributed by atoms with Crippen molar-refractivity contribution < 1.29 is 29.3 Å². The van der Waals surface area contributed by atoms with Gasteiger partial charge in [0.1, 0.15) is 18.1 Å². The Balaban J connectivity index is 1.87. The predicted octanol–water partition coefficient (Wildman–Crippen LogP) is 5.25. The fraction of sp³-hybridized carbons (Fsp3) is 0.440. The quantitative estimate of drug-likeness (QED) is 0.515. The van der Waals surface area contributed by atoms with Crippen molar-refractivity contribution in [3.8, 4) is 11.5 Å². The van der Waals surface area contributed by atoms with Crippen molar-refractivity contribution in [3.05, 3.63) is 58.7 Å². The summed E-state index contributed by atoms with van der Waals surface area (Å²) in [6.07, 6.45) is 0.632. The van der Waals surface area contributed by atoms with E-state index in [1.165, 1.54) is 17.2 Å². The summed E-state index contributed by atoms with van der Waals surface area (Å²) in [5.74, 6) is -0.317. The van der Waals surface area contributed by atoms with Gasteiger partial charge in [-0.1, -0.05) is 52.0 Å². The molecule has 0 saturated carbocycles. The summed E-state index contributed by atoms with van der Waals surface area (Å²) in [5.41, 5.74) is 3.41. The van der Waals surface area contributed by atoms with Crippen LogP contribution in [0.2, 0.25) is 0 Å². The van der Waals surface area contributed by atoms with Crippen molar-refractivity contribution in [1.29, 1.82) is 0 Å². The lowest BCUT2D eigenvalue weighted by molar-refractivity contribution is -0.138. The van der Waals surface area contributed by atoms with Crippen LogP contribution in [-0.4, -0.2) is 28.9 Å². The molecule has 6 heteroatoms. The number of aliphatic carboxylic acids is 1. The summed E-state index contributed by atoms with van der Waals surface area (Å²) >= 11 is 0. The number of hydrogen-bond acceptors (Lipinski definition) is 4. The molecule has 6 nitrogen and oxygen atoms in total. The zero-order valence-electron chi connectivity index (χ0n) is 18.3. The Morgan fingerprint density at radius 3 is 2.23 bits per heavy atom.